The molecule has 2 aliphatic rings. The topological polar surface area (TPSA) is 58.4 Å². The lowest BCUT2D eigenvalue weighted by atomic mass is 9.89. The second-order valence-corrected chi connectivity index (χ2v) is 8.22. The minimum absolute atomic E-state index is 0.0368. The SMILES string of the molecule is CC(=O)N1C[C@H]2CN(C(=O)c3ccc4c(c3)ncn4C)C[C@H]2[C@@H]1c1ccccc1. The molecule has 2 aromatic carbocycles. The highest BCUT2D eigenvalue weighted by molar-refractivity contribution is 5.97. The van der Waals surface area contributed by atoms with E-state index in [4.69, 9.17) is 0 Å². The van der Waals surface area contributed by atoms with Crippen molar-refractivity contribution in [2.75, 3.05) is 19.6 Å². The first-order valence-corrected chi connectivity index (χ1v) is 10.1. The quantitative estimate of drug-likeness (QED) is 0.678. The van der Waals surface area contributed by atoms with E-state index in [0.717, 1.165) is 16.6 Å². The number of nitrogens with zero attached hydrogens (tertiary/aromatic N) is 4. The number of hydrogen-bond donors (Lipinski definition) is 0. The van der Waals surface area contributed by atoms with Gasteiger partial charge >= 0.3 is 0 Å². The van der Waals surface area contributed by atoms with Crippen LogP contribution in [-0.4, -0.2) is 50.8 Å². The summed E-state index contributed by atoms with van der Waals surface area (Å²) in [6.45, 7) is 3.72. The van der Waals surface area contributed by atoms with Crippen molar-refractivity contribution < 1.29 is 9.59 Å². The lowest BCUT2D eigenvalue weighted by Crippen LogP contribution is -2.36. The number of carbonyl (C=O) groups is 2. The fourth-order valence-electron chi connectivity index (χ4n) is 5.06. The highest BCUT2D eigenvalue weighted by Gasteiger charge is 2.49. The third-order valence-electron chi connectivity index (χ3n) is 6.47. The number of aryl methyl sites for hydroxylation is 1. The van der Waals surface area contributed by atoms with Gasteiger partial charge in [-0.2, -0.15) is 0 Å². The van der Waals surface area contributed by atoms with Gasteiger partial charge in [-0.1, -0.05) is 30.3 Å². The van der Waals surface area contributed by atoms with E-state index in [1.54, 1.807) is 13.3 Å². The number of likely N-dealkylation sites (tertiary alicyclic amines) is 2. The molecule has 0 spiro atoms. The van der Waals surface area contributed by atoms with Crippen LogP contribution in [0.2, 0.25) is 0 Å². The zero-order valence-electron chi connectivity index (χ0n) is 16.7. The van der Waals surface area contributed by atoms with Gasteiger partial charge in [-0.15, -0.1) is 0 Å². The first-order valence-electron chi connectivity index (χ1n) is 10.1. The standard InChI is InChI=1S/C23H24N4O2/c1-15(28)27-12-18-11-26(13-19(18)22(27)16-6-4-3-5-7-16)23(29)17-8-9-21-20(10-17)24-14-25(21)2/h3-10,14,18-19,22H,11-13H2,1-2H3/t18-,19-,22+/m1/s1. The summed E-state index contributed by atoms with van der Waals surface area (Å²) < 4.78 is 1.95. The molecule has 0 radical (unpaired) electrons. The molecule has 0 bridgehead atoms. The normalized spacial score (nSPS) is 23.6. The van der Waals surface area contributed by atoms with Gasteiger partial charge in [0.25, 0.3) is 5.91 Å². The predicted molar refractivity (Wildman–Crippen MR) is 110 cm³/mol. The van der Waals surface area contributed by atoms with Crippen LogP contribution in [0.4, 0.5) is 0 Å². The van der Waals surface area contributed by atoms with Crippen LogP contribution in [-0.2, 0) is 11.8 Å². The average Bonchev–Trinajstić information content (AvgIpc) is 3.40. The molecule has 29 heavy (non-hydrogen) atoms. The molecule has 148 valence electrons. The fraction of sp³-hybridized carbons (Fsp3) is 0.348. The monoisotopic (exact) mass is 388 g/mol. The maximum atomic E-state index is 13.2. The first-order chi connectivity index (χ1) is 14.0. The van der Waals surface area contributed by atoms with Crippen LogP contribution in [0.15, 0.2) is 54.9 Å². The van der Waals surface area contributed by atoms with Gasteiger partial charge in [-0.05, 0) is 23.8 Å². The molecule has 0 N–H and O–H groups in total. The van der Waals surface area contributed by atoms with Gasteiger partial charge in [0.15, 0.2) is 0 Å². The third kappa shape index (κ3) is 2.90. The predicted octanol–water partition coefficient (Wildman–Crippen LogP) is 2.86. The Morgan fingerprint density at radius 3 is 2.59 bits per heavy atom. The van der Waals surface area contributed by atoms with E-state index in [0.29, 0.717) is 31.1 Å². The number of benzene rings is 2. The summed E-state index contributed by atoms with van der Waals surface area (Å²) >= 11 is 0. The molecule has 0 aliphatic carbocycles. The minimum Gasteiger partial charge on any atom is -0.338 e. The molecule has 2 fully saturated rings. The van der Waals surface area contributed by atoms with Crippen molar-refractivity contribution in [3.8, 4) is 0 Å². The van der Waals surface area contributed by atoms with Crippen molar-refractivity contribution in [1.82, 2.24) is 19.4 Å². The average molecular weight is 388 g/mol. The second-order valence-electron chi connectivity index (χ2n) is 8.22. The number of rotatable bonds is 2. The largest absolute Gasteiger partial charge is 0.338 e. The Hall–Kier alpha value is -3.15. The third-order valence-corrected chi connectivity index (χ3v) is 6.47. The molecule has 1 aromatic heterocycles. The molecular formula is C23H24N4O2. The van der Waals surface area contributed by atoms with Crippen LogP contribution < -0.4 is 0 Å². The molecule has 2 amide bonds. The second kappa shape index (κ2) is 6.72. The Bertz CT molecular complexity index is 1090. The Balaban J connectivity index is 1.41. The van der Waals surface area contributed by atoms with E-state index in [9.17, 15) is 9.59 Å². The Morgan fingerprint density at radius 2 is 1.83 bits per heavy atom. The van der Waals surface area contributed by atoms with Gasteiger partial charge in [0.05, 0.1) is 23.4 Å². The fourth-order valence-corrected chi connectivity index (χ4v) is 5.06. The highest BCUT2D eigenvalue weighted by atomic mass is 16.2. The van der Waals surface area contributed by atoms with E-state index in [1.807, 2.05) is 57.8 Å². The van der Waals surface area contributed by atoms with E-state index in [1.165, 1.54) is 0 Å². The van der Waals surface area contributed by atoms with Crippen LogP contribution in [0.25, 0.3) is 11.0 Å². The van der Waals surface area contributed by atoms with Crippen molar-refractivity contribution in [1.29, 1.82) is 0 Å². The molecule has 2 aliphatic heterocycles. The van der Waals surface area contributed by atoms with E-state index < -0.39 is 0 Å². The maximum absolute atomic E-state index is 13.2. The summed E-state index contributed by atoms with van der Waals surface area (Å²) in [5.41, 5.74) is 3.68. The summed E-state index contributed by atoms with van der Waals surface area (Å²) in [6, 6.07) is 15.9. The number of amides is 2. The smallest absolute Gasteiger partial charge is 0.253 e. The first kappa shape index (κ1) is 17.9. The van der Waals surface area contributed by atoms with Crippen molar-refractivity contribution >= 4 is 22.8 Å². The Kier molecular flexibility index (Phi) is 4.15. The van der Waals surface area contributed by atoms with Gasteiger partial charge in [-0.3, -0.25) is 9.59 Å². The highest BCUT2D eigenvalue weighted by Crippen LogP contribution is 2.45. The lowest BCUT2D eigenvalue weighted by molar-refractivity contribution is -0.130. The van der Waals surface area contributed by atoms with Crippen LogP contribution in [0.1, 0.15) is 28.9 Å². The molecule has 6 nitrogen and oxygen atoms in total. The molecular weight excluding hydrogens is 364 g/mol. The van der Waals surface area contributed by atoms with Crippen LogP contribution >= 0.6 is 0 Å². The van der Waals surface area contributed by atoms with Crippen molar-refractivity contribution in [2.24, 2.45) is 18.9 Å². The van der Waals surface area contributed by atoms with Crippen LogP contribution in [0, 0.1) is 11.8 Å². The Labute approximate surface area is 169 Å². The van der Waals surface area contributed by atoms with E-state index in [-0.39, 0.29) is 23.8 Å². The number of imidazole rings is 1. The number of aromatic nitrogens is 2. The molecule has 6 heteroatoms. The van der Waals surface area contributed by atoms with Crippen LogP contribution in [0.5, 0.6) is 0 Å². The van der Waals surface area contributed by atoms with Crippen molar-refractivity contribution in [3.05, 3.63) is 66.0 Å². The van der Waals surface area contributed by atoms with Gasteiger partial charge in [0.2, 0.25) is 5.91 Å². The molecule has 3 aromatic rings. The number of hydrogen-bond acceptors (Lipinski definition) is 3. The molecule has 3 heterocycles. The van der Waals surface area contributed by atoms with Crippen molar-refractivity contribution in [2.45, 2.75) is 13.0 Å². The van der Waals surface area contributed by atoms with E-state index >= 15 is 0 Å². The molecule has 2 saturated heterocycles. The summed E-state index contributed by atoms with van der Waals surface area (Å²) in [5.74, 6) is 0.732. The van der Waals surface area contributed by atoms with Crippen LogP contribution in [0.3, 0.4) is 0 Å². The molecule has 3 atom stereocenters. The summed E-state index contributed by atoms with van der Waals surface area (Å²) in [4.78, 5) is 33.8. The minimum atomic E-state index is 0.0368. The van der Waals surface area contributed by atoms with Crippen molar-refractivity contribution in [3.63, 3.8) is 0 Å². The van der Waals surface area contributed by atoms with Gasteiger partial charge in [0, 0.05) is 51.0 Å². The number of fused-ring (bicyclic) bond motifs is 2. The molecule has 0 saturated carbocycles. The zero-order chi connectivity index (χ0) is 20.1. The zero-order valence-corrected chi connectivity index (χ0v) is 16.7. The maximum Gasteiger partial charge on any atom is 0.253 e. The summed E-state index contributed by atoms with van der Waals surface area (Å²) in [7, 11) is 1.95. The lowest BCUT2D eigenvalue weighted by Gasteiger charge is -2.29. The van der Waals surface area contributed by atoms with Gasteiger partial charge < -0.3 is 14.4 Å². The van der Waals surface area contributed by atoms with Gasteiger partial charge in [0.1, 0.15) is 0 Å². The number of carbonyl (C=O) groups excluding carboxylic acids is 2. The Morgan fingerprint density at radius 1 is 1.03 bits per heavy atom. The summed E-state index contributed by atoms with van der Waals surface area (Å²) in [5, 5.41) is 0. The summed E-state index contributed by atoms with van der Waals surface area (Å²) in [6.07, 6.45) is 1.76. The molecule has 5 rings (SSSR count). The van der Waals surface area contributed by atoms with E-state index in [2.05, 4.69) is 17.1 Å². The molecule has 0 unspecified atom stereocenters. The van der Waals surface area contributed by atoms with Gasteiger partial charge in [-0.25, -0.2) is 4.98 Å².